The summed E-state index contributed by atoms with van der Waals surface area (Å²) in [5, 5.41) is 4.95. The first-order chi connectivity index (χ1) is 30.8. The minimum Gasteiger partial charge on any atom is -0.309 e. The highest BCUT2D eigenvalue weighted by Crippen LogP contribution is 2.43. The van der Waals surface area contributed by atoms with Gasteiger partial charge in [0.2, 0.25) is 0 Å². The Hall–Kier alpha value is -8.20. The molecule has 0 unspecified atom stereocenters. The minimum atomic E-state index is 1.14. The van der Waals surface area contributed by atoms with Crippen molar-refractivity contribution in [2.24, 2.45) is 0 Å². The molecule has 62 heavy (non-hydrogen) atoms. The number of para-hydroxylation sites is 2. The van der Waals surface area contributed by atoms with Gasteiger partial charge in [0.1, 0.15) is 0 Å². The van der Waals surface area contributed by atoms with Crippen molar-refractivity contribution in [3.63, 3.8) is 0 Å². The van der Waals surface area contributed by atoms with Crippen molar-refractivity contribution in [1.82, 2.24) is 9.13 Å². The summed E-state index contributed by atoms with van der Waals surface area (Å²) >= 11 is 0. The van der Waals surface area contributed by atoms with Crippen molar-refractivity contribution in [3.8, 4) is 67.0 Å². The molecular formula is C60H40N2. The standard InChI is InChI=1S/C60H40N2/c1-4-16-41(17-5-1)43-30-34-49(35-31-43)61-58-37-33-47(40-54(58)60-51(26-15-29-59(60)61)48-23-14-22-45(38-48)42-18-6-2-7-19-42)46-32-36-57-53(39-46)52-25-11-13-28-56(52)62(57)55-27-12-10-24-50(55)44-20-8-3-9-21-44/h1-40H. The average Bonchev–Trinajstić information content (AvgIpc) is 3.87. The van der Waals surface area contributed by atoms with Gasteiger partial charge in [0.05, 0.1) is 27.8 Å². The van der Waals surface area contributed by atoms with E-state index in [0.29, 0.717) is 0 Å². The zero-order valence-corrected chi connectivity index (χ0v) is 34.0. The molecule has 0 amide bonds. The molecule has 0 aliphatic carbocycles. The predicted molar refractivity (Wildman–Crippen MR) is 262 cm³/mol. The van der Waals surface area contributed by atoms with Crippen molar-refractivity contribution >= 4 is 43.6 Å². The molecule has 2 nitrogen and oxygen atoms in total. The van der Waals surface area contributed by atoms with Crippen LogP contribution in [0.4, 0.5) is 0 Å². The van der Waals surface area contributed by atoms with E-state index in [1.807, 2.05) is 0 Å². The fraction of sp³-hybridized carbons (Fsp3) is 0. The Morgan fingerprint density at radius 1 is 0.226 bits per heavy atom. The van der Waals surface area contributed by atoms with E-state index in [1.54, 1.807) is 0 Å². The topological polar surface area (TPSA) is 9.86 Å². The van der Waals surface area contributed by atoms with Crippen molar-refractivity contribution in [2.45, 2.75) is 0 Å². The first-order valence-electron chi connectivity index (χ1n) is 21.3. The van der Waals surface area contributed by atoms with E-state index in [2.05, 4.69) is 252 Å². The molecular weight excluding hydrogens is 749 g/mol. The number of nitrogens with zero attached hydrogens (tertiary/aromatic N) is 2. The molecule has 2 aromatic heterocycles. The number of rotatable bonds is 7. The molecule has 0 aliphatic rings. The van der Waals surface area contributed by atoms with Crippen LogP contribution in [0.15, 0.2) is 243 Å². The smallest absolute Gasteiger partial charge is 0.0547 e. The van der Waals surface area contributed by atoms with Gasteiger partial charge in [-0.3, -0.25) is 0 Å². The van der Waals surface area contributed by atoms with Crippen LogP contribution < -0.4 is 0 Å². The zero-order valence-electron chi connectivity index (χ0n) is 34.0. The van der Waals surface area contributed by atoms with E-state index in [-0.39, 0.29) is 0 Å². The van der Waals surface area contributed by atoms with Crippen LogP contribution in [-0.2, 0) is 0 Å². The van der Waals surface area contributed by atoms with Crippen LogP contribution in [0.2, 0.25) is 0 Å². The molecule has 12 rings (SSSR count). The number of hydrogen-bond donors (Lipinski definition) is 0. The third-order valence-corrected chi connectivity index (χ3v) is 12.5. The van der Waals surface area contributed by atoms with Crippen LogP contribution >= 0.6 is 0 Å². The minimum absolute atomic E-state index is 1.14. The quantitative estimate of drug-likeness (QED) is 0.152. The summed E-state index contributed by atoms with van der Waals surface area (Å²) in [5.41, 5.74) is 19.1. The Morgan fingerprint density at radius 3 is 1.44 bits per heavy atom. The fourth-order valence-corrected chi connectivity index (χ4v) is 9.64. The molecule has 290 valence electrons. The summed E-state index contributed by atoms with van der Waals surface area (Å²) in [6.45, 7) is 0. The van der Waals surface area contributed by atoms with Crippen LogP contribution in [0.3, 0.4) is 0 Å². The maximum Gasteiger partial charge on any atom is 0.0547 e. The van der Waals surface area contributed by atoms with E-state index in [4.69, 9.17) is 0 Å². The fourth-order valence-electron chi connectivity index (χ4n) is 9.64. The van der Waals surface area contributed by atoms with Gasteiger partial charge >= 0.3 is 0 Å². The van der Waals surface area contributed by atoms with Crippen LogP contribution in [0.5, 0.6) is 0 Å². The van der Waals surface area contributed by atoms with E-state index >= 15 is 0 Å². The zero-order chi connectivity index (χ0) is 41.0. The molecule has 0 atom stereocenters. The molecule has 0 spiro atoms. The Kier molecular flexibility index (Phi) is 8.53. The monoisotopic (exact) mass is 788 g/mol. The van der Waals surface area contributed by atoms with Crippen LogP contribution in [0.25, 0.3) is 111 Å². The Bertz CT molecular complexity index is 3600. The van der Waals surface area contributed by atoms with Crippen molar-refractivity contribution in [2.75, 3.05) is 0 Å². The van der Waals surface area contributed by atoms with Gasteiger partial charge in [-0.25, -0.2) is 0 Å². The summed E-state index contributed by atoms with van der Waals surface area (Å²) < 4.78 is 4.88. The summed E-state index contributed by atoms with van der Waals surface area (Å²) in [5.74, 6) is 0. The molecule has 0 aliphatic heterocycles. The molecule has 0 bridgehead atoms. The second-order valence-corrected chi connectivity index (χ2v) is 16.1. The summed E-state index contributed by atoms with van der Waals surface area (Å²) in [6, 6.07) is 88.4. The van der Waals surface area contributed by atoms with Gasteiger partial charge in [0.25, 0.3) is 0 Å². The van der Waals surface area contributed by atoms with Gasteiger partial charge in [-0.1, -0.05) is 182 Å². The highest BCUT2D eigenvalue weighted by atomic mass is 15.0. The van der Waals surface area contributed by atoms with Gasteiger partial charge in [0.15, 0.2) is 0 Å². The van der Waals surface area contributed by atoms with Crippen molar-refractivity contribution in [3.05, 3.63) is 243 Å². The van der Waals surface area contributed by atoms with Crippen LogP contribution in [0.1, 0.15) is 0 Å². The Labute approximate surface area is 360 Å². The highest BCUT2D eigenvalue weighted by Gasteiger charge is 2.20. The summed E-state index contributed by atoms with van der Waals surface area (Å²) in [6.07, 6.45) is 0. The molecule has 10 aromatic carbocycles. The van der Waals surface area contributed by atoms with E-state index < -0.39 is 0 Å². The maximum absolute atomic E-state index is 2.44. The molecule has 0 radical (unpaired) electrons. The summed E-state index contributed by atoms with van der Waals surface area (Å²) in [7, 11) is 0. The SMILES string of the molecule is c1ccc(-c2ccc(-n3c4ccc(-c5ccc6c(c5)c5ccccc5n6-c5ccccc5-c5ccccc5)cc4c4c(-c5cccc(-c6ccccc6)c5)cccc43)cc2)cc1. The maximum atomic E-state index is 2.44. The molecule has 2 heteroatoms. The highest BCUT2D eigenvalue weighted by molar-refractivity contribution is 6.17. The Balaban J connectivity index is 1.06. The first-order valence-corrected chi connectivity index (χ1v) is 21.3. The lowest BCUT2D eigenvalue weighted by Crippen LogP contribution is -1.97. The van der Waals surface area contributed by atoms with E-state index in [0.717, 1.165) is 5.69 Å². The molecule has 0 saturated heterocycles. The van der Waals surface area contributed by atoms with Gasteiger partial charge < -0.3 is 9.13 Å². The second-order valence-electron chi connectivity index (χ2n) is 16.1. The molecule has 0 N–H and O–H groups in total. The molecule has 0 saturated carbocycles. The van der Waals surface area contributed by atoms with E-state index in [9.17, 15) is 0 Å². The molecule has 2 heterocycles. The van der Waals surface area contributed by atoms with Gasteiger partial charge in [-0.05, 0) is 111 Å². The van der Waals surface area contributed by atoms with Gasteiger partial charge in [0, 0.05) is 32.8 Å². The molecule has 0 fully saturated rings. The first kappa shape index (κ1) is 35.7. The largest absolute Gasteiger partial charge is 0.309 e. The average molecular weight is 789 g/mol. The van der Waals surface area contributed by atoms with Crippen molar-refractivity contribution < 1.29 is 0 Å². The second kappa shape index (κ2) is 14.8. The third-order valence-electron chi connectivity index (χ3n) is 12.5. The number of hydrogen-bond acceptors (Lipinski definition) is 0. The molecule has 12 aromatic rings. The lowest BCUT2D eigenvalue weighted by molar-refractivity contribution is 1.18. The Morgan fingerprint density at radius 2 is 0.694 bits per heavy atom. The lowest BCUT2D eigenvalue weighted by atomic mass is 9.95. The van der Waals surface area contributed by atoms with Gasteiger partial charge in [-0.15, -0.1) is 0 Å². The predicted octanol–water partition coefficient (Wildman–Crippen LogP) is 16.2. The normalized spacial score (nSPS) is 11.5. The van der Waals surface area contributed by atoms with Crippen LogP contribution in [-0.4, -0.2) is 9.13 Å². The number of fused-ring (bicyclic) bond motifs is 6. The third kappa shape index (κ3) is 5.96. The summed E-state index contributed by atoms with van der Waals surface area (Å²) in [4.78, 5) is 0. The number of aromatic nitrogens is 2. The van der Waals surface area contributed by atoms with Crippen LogP contribution in [0, 0.1) is 0 Å². The lowest BCUT2D eigenvalue weighted by Gasteiger charge is -2.14. The van der Waals surface area contributed by atoms with E-state index in [1.165, 1.54) is 105 Å². The number of benzene rings is 10. The van der Waals surface area contributed by atoms with Crippen molar-refractivity contribution in [1.29, 1.82) is 0 Å². The van der Waals surface area contributed by atoms with Gasteiger partial charge in [-0.2, -0.15) is 0 Å².